The molecular formula is C11H15N3O. The van der Waals surface area contributed by atoms with Crippen LogP contribution in [0.4, 0.5) is 0 Å². The Morgan fingerprint density at radius 1 is 1.47 bits per heavy atom. The van der Waals surface area contributed by atoms with Crippen LogP contribution in [-0.2, 0) is 6.54 Å². The van der Waals surface area contributed by atoms with E-state index in [0.29, 0.717) is 18.8 Å². The summed E-state index contributed by atoms with van der Waals surface area (Å²) in [5, 5.41) is 8.91. The number of rotatable bonds is 3. The molecule has 0 amide bonds. The Balaban J connectivity index is 3.39. The lowest BCUT2D eigenvalue weighted by Crippen LogP contribution is -2.09. The minimum atomic E-state index is 0.308. The molecule has 1 aromatic rings. The first-order chi connectivity index (χ1) is 7.15. The van der Waals surface area contributed by atoms with E-state index in [2.05, 4.69) is 11.1 Å². The van der Waals surface area contributed by atoms with Crippen molar-refractivity contribution in [2.75, 3.05) is 6.61 Å². The molecule has 0 aliphatic rings. The average molecular weight is 205 g/mol. The minimum Gasteiger partial charge on any atom is -0.492 e. The number of aromatic nitrogens is 1. The van der Waals surface area contributed by atoms with Gasteiger partial charge in [-0.3, -0.25) is 0 Å². The minimum absolute atomic E-state index is 0.308. The lowest BCUT2D eigenvalue weighted by molar-refractivity contribution is 0.333. The molecule has 0 radical (unpaired) electrons. The predicted octanol–water partition coefficient (Wildman–Crippen LogP) is 1.43. The van der Waals surface area contributed by atoms with Gasteiger partial charge in [0.1, 0.15) is 17.5 Å². The first kappa shape index (κ1) is 11.5. The van der Waals surface area contributed by atoms with Crippen LogP contribution in [0.5, 0.6) is 5.75 Å². The highest BCUT2D eigenvalue weighted by molar-refractivity contribution is 5.47. The molecule has 0 atom stereocenters. The second-order valence-corrected chi connectivity index (χ2v) is 3.23. The molecular weight excluding hydrogens is 190 g/mol. The van der Waals surface area contributed by atoms with Crippen molar-refractivity contribution in [1.29, 1.82) is 5.26 Å². The van der Waals surface area contributed by atoms with E-state index in [9.17, 15) is 0 Å². The third kappa shape index (κ3) is 2.08. The molecule has 0 aromatic carbocycles. The summed E-state index contributed by atoms with van der Waals surface area (Å²) in [5.41, 5.74) is 8.42. The number of hydrogen-bond donors (Lipinski definition) is 1. The molecule has 0 aliphatic carbocycles. The molecule has 0 saturated heterocycles. The van der Waals surface area contributed by atoms with E-state index in [4.69, 9.17) is 15.7 Å². The monoisotopic (exact) mass is 205 g/mol. The van der Waals surface area contributed by atoms with E-state index in [1.807, 2.05) is 20.8 Å². The second kappa shape index (κ2) is 4.76. The van der Waals surface area contributed by atoms with Crippen LogP contribution in [-0.4, -0.2) is 11.6 Å². The van der Waals surface area contributed by atoms with Gasteiger partial charge in [0.05, 0.1) is 12.3 Å². The fourth-order valence-corrected chi connectivity index (χ4v) is 1.57. The van der Waals surface area contributed by atoms with Crippen LogP contribution in [0.25, 0.3) is 0 Å². The van der Waals surface area contributed by atoms with E-state index in [1.165, 1.54) is 0 Å². The molecule has 4 nitrogen and oxygen atoms in total. The van der Waals surface area contributed by atoms with Crippen molar-refractivity contribution in [1.82, 2.24) is 4.98 Å². The Morgan fingerprint density at radius 2 is 2.13 bits per heavy atom. The highest BCUT2D eigenvalue weighted by Crippen LogP contribution is 2.26. The molecule has 0 fully saturated rings. The van der Waals surface area contributed by atoms with Crippen LogP contribution in [0.15, 0.2) is 0 Å². The SMILES string of the molecule is CCOc1c(C)nc(C#N)c(CN)c1C. The molecule has 1 aromatic heterocycles. The molecule has 0 bridgehead atoms. The number of ether oxygens (including phenoxy) is 1. The highest BCUT2D eigenvalue weighted by Gasteiger charge is 2.14. The third-order valence-corrected chi connectivity index (χ3v) is 2.29. The van der Waals surface area contributed by atoms with E-state index in [0.717, 1.165) is 22.6 Å². The molecule has 0 unspecified atom stereocenters. The zero-order valence-corrected chi connectivity index (χ0v) is 9.29. The van der Waals surface area contributed by atoms with Crippen LogP contribution < -0.4 is 10.5 Å². The van der Waals surface area contributed by atoms with Gasteiger partial charge >= 0.3 is 0 Å². The van der Waals surface area contributed by atoms with Crippen molar-refractivity contribution >= 4 is 0 Å². The second-order valence-electron chi connectivity index (χ2n) is 3.23. The van der Waals surface area contributed by atoms with Crippen LogP contribution in [0.1, 0.15) is 29.4 Å². The van der Waals surface area contributed by atoms with Crippen LogP contribution in [0.3, 0.4) is 0 Å². The van der Waals surface area contributed by atoms with Gasteiger partial charge in [-0.15, -0.1) is 0 Å². The van der Waals surface area contributed by atoms with Gasteiger partial charge in [0.15, 0.2) is 0 Å². The lowest BCUT2D eigenvalue weighted by atomic mass is 10.1. The zero-order chi connectivity index (χ0) is 11.4. The van der Waals surface area contributed by atoms with Gasteiger partial charge in [-0.05, 0) is 20.8 Å². The Hall–Kier alpha value is -1.60. The van der Waals surface area contributed by atoms with Gasteiger partial charge in [-0.2, -0.15) is 5.26 Å². The molecule has 15 heavy (non-hydrogen) atoms. The molecule has 1 rings (SSSR count). The zero-order valence-electron chi connectivity index (χ0n) is 9.29. The number of pyridine rings is 1. The number of hydrogen-bond acceptors (Lipinski definition) is 4. The van der Waals surface area contributed by atoms with Gasteiger partial charge < -0.3 is 10.5 Å². The summed E-state index contributed by atoms with van der Waals surface area (Å²) in [6.45, 7) is 6.54. The maximum atomic E-state index is 8.91. The quantitative estimate of drug-likeness (QED) is 0.810. The van der Waals surface area contributed by atoms with Crippen molar-refractivity contribution < 1.29 is 4.74 Å². The van der Waals surface area contributed by atoms with Crippen LogP contribution in [0, 0.1) is 25.2 Å². The Morgan fingerprint density at radius 3 is 2.60 bits per heavy atom. The summed E-state index contributed by atoms with van der Waals surface area (Å²) in [4.78, 5) is 4.18. The van der Waals surface area contributed by atoms with Gasteiger partial charge in [-0.25, -0.2) is 4.98 Å². The summed E-state index contributed by atoms with van der Waals surface area (Å²) in [6.07, 6.45) is 0. The summed E-state index contributed by atoms with van der Waals surface area (Å²) in [7, 11) is 0. The smallest absolute Gasteiger partial charge is 0.145 e. The molecule has 0 saturated carbocycles. The maximum absolute atomic E-state index is 8.91. The number of nitriles is 1. The number of aryl methyl sites for hydroxylation is 1. The summed E-state index contributed by atoms with van der Waals surface area (Å²) in [6, 6.07) is 2.05. The molecule has 0 aliphatic heterocycles. The number of nitrogens with zero attached hydrogens (tertiary/aromatic N) is 2. The van der Waals surface area contributed by atoms with E-state index < -0.39 is 0 Å². The average Bonchev–Trinajstić information content (AvgIpc) is 2.23. The fourth-order valence-electron chi connectivity index (χ4n) is 1.57. The maximum Gasteiger partial charge on any atom is 0.145 e. The standard InChI is InChI=1S/C11H15N3O/c1-4-15-11-7(2)9(5-12)10(6-13)14-8(11)3/h4-5,12H2,1-3H3. The Kier molecular flexibility index (Phi) is 3.64. The van der Waals surface area contributed by atoms with Crippen LogP contribution in [0.2, 0.25) is 0 Å². The van der Waals surface area contributed by atoms with Crippen molar-refractivity contribution in [2.24, 2.45) is 5.73 Å². The molecule has 80 valence electrons. The third-order valence-electron chi connectivity index (χ3n) is 2.29. The van der Waals surface area contributed by atoms with Crippen molar-refractivity contribution in [3.8, 4) is 11.8 Å². The van der Waals surface area contributed by atoms with Gasteiger partial charge in [0.2, 0.25) is 0 Å². The largest absolute Gasteiger partial charge is 0.492 e. The first-order valence-electron chi connectivity index (χ1n) is 4.88. The lowest BCUT2D eigenvalue weighted by Gasteiger charge is -2.13. The highest BCUT2D eigenvalue weighted by atomic mass is 16.5. The van der Waals surface area contributed by atoms with Crippen molar-refractivity contribution in [2.45, 2.75) is 27.3 Å². The summed E-state index contributed by atoms with van der Waals surface area (Å²) >= 11 is 0. The molecule has 2 N–H and O–H groups in total. The van der Waals surface area contributed by atoms with Crippen molar-refractivity contribution in [3.63, 3.8) is 0 Å². The van der Waals surface area contributed by atoms with E-state index >= 15 is 0 Å². The Labute approximate surface area is 89.7 Å². The van der Waals surface area contributed by atoms with Gasteiger partial charge in [-0.1, -0.05) is 0 Å². The van der Waals surface area contributed by atoms with E-state index in [1.54, 1.807) is 0 Å². The fraction of sp³-hybridized carbons (Fsp3) is 0.455. The normalized spacial score (nSPS) is 9.80. The molecule has 0 spiro atoms. The topological polar surface area (TPSA) is 71.9 Å². The van der Waals surface area contributed by atoms with Crippen LogP contribution >= 0.6 is 0 Å². The summed E-state index contributed by atoms with van der Waals surface area (Å²) < 4.78 is 5.48. The molecule has 4 heteroatoms. The number of nitrogens with two attached hydrogens (primary N) is 1. The van der Waals surface area contributed by atoms with Gasteiger partial charge in [0, 0.05) is 17.7 Å². The first-order valence-corrected chi connectivity index (χ1v) is 4.88. The van der Waals surface area contributed by atoms with Gasteiger partial charge in [0.25, 0.3) is 0 Å². The summed E-state index contributed by atoms with van der Waals surface area (Å²) in [5.74, 6) is 0.747. The molecule has 1 heterocycles. The van der Waals surface area contributed by atoms with Crippen molar-refractivity contribution in [3.05, 3.63) is 22.5 Å². The Bertz CT molecular complexity index is 407. The van der Waals surface area contributed by atoms with E-state index in [-0.39, 0.29) is 0 Å². The predicted molar refractivity (Wildman–Crippen MR) is 57.5 cm³/mol.